The topological polar surface area (TPSA) is 363 Å². The van der Waals surface area contributed by atoms with Crippen LogP contribution in [-0.2, 0) is 14.4 Å². The summed E-state index contributed by atoms with van der Waals surface area (Å²) in [6.45, 7) is 35.6. The lowest BCUT2D eigenvalue weighted by Crippen LogP contribution is -2.54. The summed E-state index contributed by atoms with van der Waals surface area (Å²) in [6.07, 6.45) is 8.55. The van der Waals surface area contributed by atoms with Gasteiger partial charge in [-0.05, 0) is 131 Å². The Labute approximate surface area is 831 Å². The summed E-state index contributed by atoms with van der Waals surface area (Å²) in [7, 11) is 0. The minimum Gasteiger partial charge on any atom is -0.396 e. The minimum atomic E-state index is -1.44. The van der Waals surface area contributed by atoms with Crippen LogP contribution in [0, 0.1) is 89.7 Å². The molecule has 3 aromatic carbocycles. The third-order valence-electron chi connectivity index (χ3n) is 24.2. The molecule has 3 aliphatic rings. The molecule has 0 spiro atoms. The molecule has 0 bridgehead atoms. The van der Waals surface area contributed by atoms with E-state index in [0.717, 1.165) is 0 Å². The van der Waals surface area contributed by atoms with E-state index in [4.69, 9.17) is 137 Å². The molecular weight excluding hydrogens is 1980 g/mol. The number of fused-ring (bicyclic) bond motifs is 3. The fourth-order valence-electron chi connectivity index (χ4n) is 17.6. The van der Waals surface area contributed by atoms with E-state index in [1.54, 1.807) is 72.3 Å². The fourth-order valence-corrected chi connectivity index (χ4v) is 19.6. The summed E-state index contributed by atoms with van der Waals surface area (Å²) in [5.41, 5.74) is 17.8. The highest BCUT2D eigenvalue weighted by Crippen LogP contribution is 2.51. The SMILES string of the molecule is C=CC(=O)N1CCN(c2c(C#N)c(=O)n(-c3c(C)ccnc3C(C)C)c3nc(-c4c(N)c(F)c(F)c(Cl)c4Cl)c(Cl)cc23)C[C@H]1C.C=CC(=O)N1CCN(c2c(C#N)c(=O)n(-c3c(C)ccnc3C(C)C)c3nc(-c4c(N)c(F)c(F)c(Cl)c4Cl)c(Cl)cc23)C[C@H]1C.C=CC(=O)N1CCN(c2c(C#N)c(=O)n(-c3c(C)ccnc3C(C)C)c3nc(-c4c(N)c(F)c(F)c(Cl)c4Cl)c(Cl)cc23)C[C@H]1C. The molecule has 9 aromatic heterocycles. The Kier molecular flexibility index (Phi) is 30.3. The zero-order valence-corrected chi connectivity index (χ0v) is 82.6. The predicted octanol–water partition coefficient (Wildman–Crippen LogP) is 20.4. The summed E-state index contributed by atoms with van der Waals surface area (Å²) < 4.78 is 91.7. The molecule has 42 heteroatoms. The first-order chi connectivity index (χ1) is 65.2. The number of benzene rings is 3. The number of rotatable bonds is 15. The number of anilines is 6. The number of hydrogen-bond acceptors (Lipinski definition) is 21. The number of nitrogens with two attached hydrogens (primary N) is 3. The van der Waals surface area contributed by atoms with Gasteiger partial charge in [0.05, 0.1) is 131 Å². The van der Waals surface area contributed by atoms with Crippen LogP contribution in [0.15, 0.2) is 107 Å². The molecular formula is C96H84Cl9F6N21O6. The van der Waals surface area contributed by atoms with Gasteiger partial charge in [0.1, 0.15) is 51.8 Å². The van der Waals surface area contributed by atoms with Crippen LogP contribution < -0.4 is 48.6 Å². The lowest BCUT2D eigenvalue weighted by atomic mass is 10.0. The molecule has 0 radical (unpaired) electrons. The van der Waals surface area contributed by atoms with Gasteiger partial charge in [-0.3, -0.25) is 57.4 Å². The smallest absolute Gasteiger partial charge is 0.276 e. The van der Waals surface area contributed by atoms with Crippen molar-refractivity contribution >= 4 is 189 Å². The molecule has 6 N–H and O–H groups in total. The Balaban J connectivity index is 0.000000175. The van der Waals surface area contributed by atoms with E-state index in [0.29, 0.717) is 86.6 Å². The zero-order valence-electron chi connectivity index (χ0n) is 75.8. The average molecular weight is 2060 g/mol. The number of piperazine rings is 3. The average Bonchev–Trinajstić information content (AvgIpc) is 0.726. The van der Waals surface area contributed by atoms with Crippen LogP contribution >= 0.6 is 104 Å². The van der Waals surface area contributed by atoms with Crippen molar-refractivity contribution in [1.29, 1.82) is 15.8 Å². The maximum absolute atomic E-state index is 14.9. The number of nitrogens with zero attached hydrogens (tertiary/aromatic N) is 18. The first-order valence-corrected chi connectivity index (χ1v) is 46.0. The maximum atomic E-state index is 14.9. The molecule has 27 nitrogen and oxygen atoms in total. The number of pyridine rings is 9. The van der Waals surface area contributed by atoms with Crippen LogP contribution in [0.2, 0.25) is 45.2 Å². The second-order valence-electron chi connectivity index (χ2n) is 33.8. The molecule has 12 heterocycles. The van der Waals surface area contributed by atoms with E-state index in [9.17, 15) is 70.9 Å². The molecule has 138 heavy (non-hydrogen) atoms. The highest BCUT2D eigenvalue weighted by molar-refractivity contribution is 6.47. The van der Waals surface area contributed by atoms with E-state index < -0.39 is 98.8 Å². The van der Waals surface area contributed by atoms with Gasteiger partial charge in [-0.25, -0.2) is 41.3 Å². The van der Waals surface area contributed by atoms with E-state index in [1.807, 2.05) is 77.0 Å². The van der Waals surface area contributed by atoms with E-state index in [2.05, 4.69) is 52.9 Å². The molecule has 714 valence electrons. The number of nitriles is 3. The number of amides is 3. The van der Waals surface area contributed by atoms with Gasteiger partial charge in [-0.2, -0.15) is 15.8 Å². The van der Waals surface area contributed by atoms with Crippen molar-refractivity contribution in [3.05, 3.63) is 255 Å². The van der Waals surface area contributed by atoms with E-state index in [1.165, 1.54) is 50.1 Å². The first-order valence-electron chi connectivity index (χ1n) is 42.6. The molecule has 3 fully saturated rings. The Hall–Kier alpha value is -12.7. The standard InChI is InChI=1S/3C32H28Cl3F2N7O2/c3*1-6-20(45)43-10-9-42(13-16(43)5)30-17-11-19(33)28(21-22(34)23(35)24(36)25(37)26(21)39)41-31(17)44(32(46)18(30)12-38)29-15(4)7-8-40-27(29)14(2)3/h3*6-8,11,14,16H,1,9-10,13,39H2,2-5H3/t3*16-/m111/s1. The maximum Gasteiger partial charge on any atom is 0.276 e. The highest BCUT2D eigenvalue weighted by atomic mass is 35.5. The van der Waals surface area contributed by atoms with Crippen LogP contribution in [0.3, 0.4) is 0 Å². The first kappa shape index (κ1) is 103. The molecule has 0 unspecified atom stereocenters. The molecule has 12 aromatic rings. The Morgan fingerprint density at radius 2 is 0.630 bits per heavy atom. The van der Waals surface area contributed by atoms with Gasteiger partial charge in [-0.1, -0.05) is 166 Å². The van der Waals surface area contributed by atoms with Gasteiger partial charge in [0.2, 0.25) is 17.7 Å². The Bertz CT molecular complexity index is 6790. The van der Waals surface area contributed by atoms with Crippen molar-refractivity contribution in [2.45, 2.75) is 119 Å². The van der Waals surface area contributed by atoms with E-state index in [-0.39, 0.29) is 192 Å². The van der Waals surface area contributed by atoms with Gasteiger partial charge in [0.15, 0.2) is 34.9 Å². The number of aryl methyl sites for hydroxylation is 3. The molecule has 3 amide bonds. The Morgan fingerprint density at radius 1 is 0.399 bits per heavy atom. The molecule has 15 rings (SSSR count). The molecule has 3 atom stereocenters. The second-order valence-corrected chi connectivity index (χ2v) is 37.3. The van der Waals surface area contributed by atoms with Crippen molar-refractivity contribution in [2.75, 3.05) is 90.8 Å². The van der Waals surface area contributed by atoms with Gasteiger partial charge < -0.3 is 46.6 Å². The largest absolute Gasteiger partial charge is 0.396 e. The lowest BCUT2D eigenvalue weighted by Gasteiger charge is -2.41. The summed E-state index contributed by atoms with van der Waals surface area (Å²) >= 11 is 57.6. The second kappa shape index (κ2) is 40.8. The summed E-state index contributed by atoms with van der Waals surface area (Å²) in [5, 5.41) is 28.6. The van der Waals surface area contributed by atoms with Gasteiger partial charge in [0.25, 0.3) is 16.7 Å². The van der Waals surface area contributed by atoms with Crippen molar-refractivity contribution in [3.8, 4) is 69.0 Å². The summed E-state index contributed by atoms with van der Waals surface area (Å²) in [5.74, 6) is -9.79. The third kappa shape index (κ3) is 18.0. The number of hydrogen-bond donors (Lipinski definition) is 3. The van der Waals surface area contributed by atoms with Crippen molar-refractivity contribution in [3.63, 3.8) is 0 Å². The molecule has 3 saturated heterocycles. The zero-order chi connectivity index (χ0) is 101. The molecule has 0 aliphatic carbocycles. The van der Waals surface area contributed by atoms with Crippen LogP contribution in [0.1, 0.15) is 131 Å². The number of nitrogen functional groups attached to an aromatic ring is 3. The van der Waals surface area contributed by atoms with Crippen LogP contribution in [-0.4, -0.2) is 153 Å². The Morgan fingerprint density at radius 3 is 0.833 bits per heavy atom. The third-order valence-corrected chi connectivity index (χ3v) is 27.5. The quantitative estimate of drug-likeness (QED) is 0.0282. The normalized spacial score (nSPS) is 15.0. The molecule has 3 aliphatic heterocycles. The van der Waals surface area contributed by atoms with Crippen molar-refractivity contribution in [1.82, 2.24) is 58.3 Å². The van der Waals surface area contributed by atoms with Gasteiger partial charge >= 0.3 is 0 Å². The predicted molar refractivity (Wildman–Crippen MR) is 531 cm³/mol. The van der Waals surface area contributed by atoms with E-state index >= 15 is 0 Å². The number of aromatic nitrogens is 9. The highest BCUT2D eigenvalue weighted by Gasteiger charge is 2.40. The number of halogens is 15. The summed E-state index contributed by atoms with van der Waals surface area (Å²) in [6, 6.07) is 14.9. The van der Waals surface area contributed by atoms with Gasteiger partial charge in [-0.15, -0.1) is 0 Å². The van der Waals surface area contributed by atoms with Crippen LogP contribution in [0.25, 0.3) is 83.9 Å². The van der Waals surface area contributed by atoms with Crippen LogP contribution in [0.4, 0.5) is 60.5 Å². The monoisotopic (exact) mass is 2060 g/mol. The number of carbonyl (C=O) groups is 3. The minimum absolute atomic E-state index is 0.0324. The van der Waals surface area contributed by atoms with Crippen molar-refractivity contribution in [2.24, 2.45) is 0 Å². The number of carbonyl (C=O) groups excluding carboxylic acids is 3. The van der Waals surface area contributed by atoms with Crippen LogP contribution in [0.5, 0.6) is 0 Å². The van der Waals surface area contributed by atoms with Gasteiger partial charge in [0, 0.05) is 128 Å². The molecule has 0 saturated carbocycles. The summed E-state index contributed by atoms with van der Waals surface area (Å²) in [4.78, 5) is 119. The van der Waals surface area contributed by atoms with Crippen molar-refractivity contribution < 1.29 is 40.7 Å². The fraction of sp³-hybridized carbons (Fsp3) is 0.281. The lowest BCUT2D eigenvalue weighted by molar-refractivity contribution is -0.129.